The summed E-state index contributed by atoms with van der Waals surface area (Å²) in [5.74, 6) is 0.0446. The molecule has 1 rings (SSSR count). The average Bonchev–Trinajstić information content (AvgIpc) is 2.12. The Bertz CT molecular complexity index is 311. The van der Waals surface area contributed by atoms with Gasteiger partial charge in [-0.1, -0.05) is 0 Å². The van der Waals surface area contributed by atoms with Crippen molar-refractivity contribution in [2.24, 2.45) is 11.1 Å². The highest BCUT2D eigenvalue weighted by atomic mass is 16.2. The highest BCUT2D eigenvalue weighted by molar-refractivity contribution is 5.83. The van der Waals surface area contributed by atoms with E-state index in [9.17, 15) is 4.79 Å². The second kappa shape index (κ2) is 4.82. The number of nitrogens with two attached hydrogens (primary N) is 1. The van der Waals surface area contributed by atoms with Gasteiger partial charge in [-0.3, -0.25) is 4.79 Å². The first-order valence-corrected chi connectivity index (χ1v) is 6.78. The SMILES string of the molecule is CN(C)C1(CNC(=O)C(C)(C)C(C)(C)N)CCC1. The fourth-order valence-corrected chi connectivity index (χ4v) is 2.13. The van der Waals surface area contributed by atoms with Gasteiger partial charge in [-0.2, -0.15) is 0 Å². The third kappa shape index (κ3) is 2.69. The van der Waals surface area contributed by atoms with E-state index in [1.807, 2.05) is 27.7 Å². The van der Waals surface area contributed by atoms with Gasteiger partial charge in [0.1, 0.15) is 0 Å². The van der Waals surface area contributed by atoms with Gasteiger partial charge in [-0.05, 0) is 61.1 Å². The van der Waals surface area contributed by atoms with Crippen LogP contribution in [0.3, 0.4) is 0 Å². The molecule has 4 nitrogen and oxygen atoms in total. The van der Waals surface area contributed by atoms with Crippen molar-refractivity contribution < 1.29 is 4.79 Å². The zero-order valence-corrected chi connectivity index (χ0v) is 12.8. The molecule has 106 valence electrons. The lowest BCUT2D eigenvalue weighted by Gasteiger charge is -2.48. The summed E-state index contributed by atoms with van der Waals surface area (Å²) in [6.45, 7) is 8.34. The maximum absolute atomic E-state index is 12.3. The van der Waals surface area contributed by atoms with Crippen LogP contribution in [0.25, 0.3) is 0 Å². The summed E-state index contributed by atoms with van der Waals surface area (Å²) in [5, 5.41) is 3.09. The van der Waals surface area contributed by atoms with Crippen LogP contribution >= 0.6 is 0 Å². The van der Waals surface area contributed by atoms with Gasteiger partial charge in [-0.25, -0.2) is 0 Å². The van der Waals surface area contributed by atoms with Gasteiger partial charge in [0.2, 0.25) is 5.91 Å². The molecule has 0 heterocycles. The molecule has 0 aromatic carbocycles. The van der Waals surface area contributed by atoms with Crippen molar-refractivity contribution >= 4 is 5.91 Å². The average molecular weight is 255 g/mol. The van der Waals surface area contributed by atoms with Gasteiger partial charge >= 0.3 is 0 Å². The third-order valence-corrected chi connectivity index (χ3v) is 4.99. The van der Waals surface area contributed by atoms with E-state index >= 15 is 0 Å². The van der Waals surface area contributed by atoms with Crippen molar-refractivity contribution in [3.8, 4) is 0 Å². The molecule has 18 heavy (non-hydrogen) atoms. The highest BCUT2D eigenvalue weighted by Crippen LogP contribution is 2.36. The summed E-state index contributed by atoms with van der Waals surface area (Å²) in [4.78, 5) is 14.5. The summed E-state index contributed by atoms with van der Waals surface area (Å²) < 4.78 is 0. The maximum Gasteiger partial charge on any atom is 0.227 e. The van der Waals surface area contributed by atoms with Crippen LogP contribution in [0, 0.1) is 5.41 Å². The Morgan fingerprint density at radius 1 is 1.28 bits per heavy atom. The largest absolute Gasteiger partial charge is 0.354 e. The predicted octanol–water partition coefficient (Wildman–Crippen LogP) is 1.35. The van der Waals surface area contributed by atoms with Crippen molar-refractivity contribution in [3.63, 3.8) is 0 Å². The van der Waals surface area contributed by atoms with Crippen LogP contribution in [-0.2, 0) is 4.79 Å². The Labute approximate surface area is 111 Å². The minimum atomic E-state index is -0.565. The zero-order chi connectivity index (χ0) is 14.2. The van der Waals surface area contributed by atoms with E-state index in [4.69, 9.17) is 5.73 Å². The normalized spacial score (nSPS) is 19.6. The number of hydrogen-bond acceptors (Lipinski definition) is 3. The number of nitrogens with zero attached hydrogens (tertiary/aromatic N) is 1. The zero-order valence-electron chi connectivity index (χ0n) is 12.8. The van der Waals surface area contributed by atoms with Crippen LogP contribution in [-0.4, -0.2) is 42.5 Å². The van der Waals surface area contributed by atoms with E-state index in [2.05, 4.69) is 24.3 Å². The Morgan fingerprint density at radius 2 is 1.78 bits per heavy atom. The lowest BCUT2D eigenvalue weighted by atomic mass is 9.73. The molecule has 0 unspecified atom stereocenters. The van der Waals surface area contributed by atoms with Crippen molar-refractivity contribution in [1.82, 2.24) is 10.2 Å². The van der Waals surface area contributed by atoms with Crippen LogP contribution < -0.4 is 11.1 Å². The standard InChI is InChI=1S/C14H29N3O/c1-12(2,13(3,4)15)11(18)16-10-14(17(5)6)8-7-9-14/h7-10,15H2,1-6H3,(H,16,18). The smallest absolute Gasteiger partial charge is 0.227 e. The molecular weight excluding hydrogens is 226 g/mol. The monoisotopic (exact) mass is 255 g/mol. The third-order valence-electron chi connectivity index (χ3n) is 4.99. The van der Waals surface area contributed by atoms with Crippen LogP contribution in [0.4, 0.5) is 0 Å². The number of carbonyl (C=O) groups is 1. The summed E-state index contributed by atoms with van der Waals surface area (Å²) in [7, 11) is 4.17. The molecule has 0 spiro atoms. The number of amides is 1. The number of carbonyl (C=O) groups excluding carboxylic acids is 1. The van der Waals surface area contributed by atoms with E-state index < -0.39 is 11.0 Å². The molecule has 1 aliphatic carbocycles. The lowest BCUT2D eigenvalue weighted by molar-refractivity contribution is -0.133. The molecule has 0 bridgehead atoms. The van der Waals surface area contributed by atoms with Gasteiger partial charge in [0.25, 0.3) is 0 Å². The van der Waals surface area contributed by atoms with Crippen molar-refractivity contribution in [2.75, 3.05) is 20.6 Å². The summed E-state index contributed by atoms with van der Waals surface area (Å²) in [6, 6.07) is 0. The second-order valence-corrected chi connectivity index (χ2v) is 7.00. The molecular formula is C14H29N3O. The molecule has 0 radical (unpaired) electrons. The van der Waals surface area contributed by atoms with E-state index in [1.165, 1.54) is 6.42 Å². The number of hydrogen-bond donors (Lipinski definition) is 2. The molecule has 4 heteroatoms. The molecule has 1 fully saturated rings. The van der Waals surface area contributed by atoms with E-state index in [1.54, 1.807) is 0 Å². The second-order valence-electron chi connectivity index (χ2n) is 7.00. The lowest BCUT2D eigenvalue weighted by Crippen LogP contribution is -2.61. The van der Waals surface area contributed by atoms with Crippen molar-refractivity contribution in [1.29, 1.82) is 0 Å². The molecule has 0 atom stereocenters. The molecule has 0 aromatic heterocycles. The minimum absolute atomic E-state index is 0.0446. The van der Waals surface area contributed by atoms with Gasteiger partial charge < -0.3 is 16.0 Å². The quantitative estimate of drug-likeness (QED) is 0.779. The first-order valence-electron chi connectivity index (χ1n) is 6.78. The molecule has 1 aliphatic rings. The summed E-state index contributed by atoms with van der Waals surface area (Å²) in [6.07, 6.45) is 3.57. The minimum Gasteiger partial charge on any atom is -0.354 e. The highest BCUT2D eigenvalue weighted by Gasteiger charge is 2.43. The van der Waals surface area contributed by atoms with E-state index in [0.29, 0.717) is 0 Å². The van der Waals surface area contributed by atoms with Gasteiger partial charge in [0.15, 0.2) is 0 Å². The summed E-state index contributed by atoms with van der Waals surface area (Å²) in [5.41, 5.74) is 5.15. The molecule has 1 saturated carbocycles. The first kappa shape index (κ1) is 15.4. The Balaban J connectivity index is 2.61. The topological polar surface area (TPSA) is 58.4 Å². The van der Waals surface area contributed by atoms with Crippen LogP contribution in [0.2, 0.25) is 0 Å². The predicted molar refractivity (Wildman–Crippen MR) is 75.3 cm³/mol. The van der Waals surface area contributed by atoms with Gasteiger partial charge in [0.05, 0.1) is 5.41 Å². The molecule has 0 aliphatic heterocycles. The van der Waals surface area contributed by atoms with E-state index in [-0.39, 0.29) is 11.4 Å². The fraction of sp³-hybridized carbons (Fsp3) is 0.929. The Hall–Kier alpha value is -0.610. The Kier molecular flexibility index (Phi) is 4.13. The Morgan fingerprint density at radius 3 is 2.06 bits per heavy atom. The molecule has 3 N–H and O–H groups in total. The molecule has 0 aromatic rings. The van der Waals surface area contributed by atoms with Gasteiger partial charge in [-0.15, -0.1) is 0 Å². The number of rotatable bonds is 5. The number of likely N-dealkylation sites (N-methyl/N-ethyl adjacent to an activating group) is 1. The van der Waals surface area contributed by atoms with E-state index in [0.717, 1.165) is 19.4 Å². The summed E-state index contributed by atoms with van der Waals surface area (Å²) >= 11 is 0. The van der Waals surface area contributed by atoms with Crippen molar-refractivity contribution in [3.05, 3.63) is 0 Å². The van der Waals surface area contributed by atoms with Crippen LogP contribution in [0.5, 0.6) is 0 Å². The van der Waals surface area contributed by atoms with Gasteiger partial charge in [0, 0.05) is 17.6 Å². The maximum atomic E-state index is 12.3. The van der Waals surface area contributed by atoms with Crippen LogP contribution in [0.15, 0.2) is 0 Å². The van der Waals surface area contributed by atoms with Crippen LogP contribution in [0.1, 0.15) is 47.0 Å². The molecule has 1 amide bonds. The number of nitrogens with one attached hydrogen (secondary N) is 1. The van der Waals surface area contributed by atoms with Crippen molar-refractivity contribution in [2.45, 2.75) is 58.0 Å². The molecule has 0 saturated heterocycles. The first-order chi connectivity index (χ1) is 8.03. The fourth-order valence-electron chi connectivity index (χ4n) is 2.13.